The van der Waals surface area contributed by atoms with Gasteiger partial charge >= 0.3 is 18.3 Å². The topological polar surface area (TPSA) is 66.4 Å². The number of amides is 1. The highest BCUT2D eigenvalue weighted by atomic mass is 19.3. The lowest BCUT2D eigenvalue weighted by molar-refractivity contribution is -0.169. The fourth-order valence-corrected chi connectivity index (χ4v) is 1.06. The van der Waals surface area contributed by atoms with Crippen LogP contribution in [0.25, 0.3) is 0 Å². The molecule has 0 radical (unpaired) electrons. The second kappa shape index (κ2) is 6.41. The number of alkyl halides is 4. The lowest BCUT2D eigenvalue weighted by Gasteiger charge is -2.17. The normalized spacial score (nSPS) is 13.5. The number of aliphatic carboxylic acids is 1. The van der Waals surface area contributed by atoms with Crippen molar-refractivity contribution in [2.45, 2.75) is 32.1 Å². The molecule has 8 heteroatoms. The molecular weight excluding hydrogens is 246 g/mol. The van der Waals surface area contributed by atoms with Gasteiger partial charge in [0.2, 0.25) is 0 Å². The molecule has 100 valence electrons. The first-order valence-electron chi connectivity index (χ1n) is 4.87. The van der Waals surface area contributed by atoms with Gasteiger partial charge in [0.05, 0.1) is 0 Å². The van der Waals surface area contributed by atoms with Crippen LogP contribution in [0.3, 0.4) is 0 Å². The maximum Gasteiger partial charge on any atom is 0.383 e. The van der Waals surface area contributed by atoms with Gasteiger partial charge in [-0.05, 0) is 5.92 Å². The van der Waals surface area contributed by atoms with E-state index < -0.39 is 30.1 Å². The lowest BCUT2D eigenvalue weighted by Crippen LogP contribution is -2.46. The number of hydrogen-bond acceptors (Lipinski definition) is 2. The molecule has 0 fully saturated rings. The third-order valence-corrected chi connectivity index (χ3v) is 2.17. The molecule has 1 amide bonds. The van der Waals surface area contributed by atoms with E-state index in [9.17, 15) is 27.2 Å². The van der Waals surface area contributed by atoms with E-state index in [4.69, 9.17) is 5.11 Å². The zero-order valence-corrected chi connectivity index (χ0v) is 9.05. The van der Waals surface area contributed by atoms with Crippen LogP contribution in [0.1, 0.15) is 19.8 Å². The highest BCUT2D eigenvalue weighted by molar-refractivity contribution is 5.83. The second-order valence-electron chi connectivity index (χ2n) is 3.51. The molecule has 2 N–H and O–H groups in total. The molecule has 4 nitrogen and oxygen atoms in total. The molecule has 0 saturated carbocycles. The van der Waals surface area contributed by atoms with Crippen molar-refractivity contribution in [2.24, 2.45) is 5.92 Å². The summed E-state index contributed by atoms with van der Waals surface area (Å²) in [4.78, 5) is 21.1. The van der Waals surface area contributed by atoms with Crippen molar-refractivity contribution in [3.63, 3.8) is 0 Å². The molecule has 0 aromatic heterocycles. The van der Waals surface area contributed by atoms with Crippen molar-refractivity contribution in [1.29, 1.82) is 0 Å². The quantitative estimate of drug-likeness (QED) is 0.681. The standard InChI is InChI=1S/C9H13F4NO3/c1-2-5(3-6(15)16)4-14-8(17)9(12,13)7(10)11/h5,7H,2-4H2,1H3,(H,14,17)(H,15,16). The Kier molecular flexibility index (Phi) is 5.90. The third-order valence-electron chi connectivity index (χ3n) is 2.17. The average molecular weight is 259 g/mol. The van der Waals surface area contributed by atoms with Crippen LogP contribution in [0.2, 0.25) is 0 Å². The van der Waals surface area contributed by atoms with Crippen molar-refractivity contribution < 1.29 is 32.3 Å². The lowest BCUT2D eigenvalue weighted by atomic mass is 10.0. The zero-order chi connectivity index (χ0) is 13.6. The second-order valence-corrected chi connectivity index (χ2v) is 3.51. The minimum absolute atomic E-state index is 0.322. The van der Waals surface area contributed by atoms with Crippen molar-refractivity contribution in [1.82, 2.24) is 5.32 Å². The van der Waals surface area contributed by atoms with Crippen LogP contribution in [0.5, 0.6) is 0 Å². The minimum atomic E-state index is -4.75. The Bertz CT molecular complexity index is 283. The molecule has 0 heterocycles. The number of halogens is 4. The predicted molar refractivity (Wildman–Crippen MR) is 50.0 cm³/mol. The highest BCUT2D eigenvalue weighted by Crippen LogP contribution is 2.22. The monoisotopic (exact) mass is 259 g/mol. The predicted octanol–water partition coefficient (Wildman–Crippen LogP) is 1.50. The summed E-state index contributed by atoms with van der Waals surface area (Å²) in [6.45, 7) is 1.23. The number of nitrogens with one attached hydrogen (secondary N) is 1. The SMILES string of the molecule is CCC(CNC(=O)C(F)(F)C(F)F)CC(=O)O. The van der Waals surface area contributed by atoms with Gasteiger partial charge in [0.1, 0.15) is 0 Å². The number of carboxylic acids is 1. The summed E-state index contributed by atoms with van der Waals surface area (Å²) in [5, 5.41) is 10.1. The van der Waals surface area contributed by atoms with Gasteiger partial charge in [-0.3, -0.25) is 9.59 Å². The van der Waals surface area contributed by atoms with Crippen molar-refractivity contribution in [3.05, 3.63) is 0 Å². The number of rotatable bonds is 7. The molecule has 0 bridgehead atoms. The largest absolute Gasteiger partial charge is 0.481 e. The van der Waals surface area contributed by atoms with Gasteiger partial charge in [-0.2, -0.15) is 8.78 Å². The Morgan fingerprint density at radius 3 is 2.24 bits per heavy atom. The minimum Gasteiger partial charge on any atom is -0.481 e. The number of carbonyl (C=O) groups is 2. The van der Waals surface area contributed by atoms with Gasteiger partial charge in [0, 0.05) is 13.0 Å². The van der Waals surface area contributed by atoms with Crippen LogP contribution in [0, 0.1) is 5.92 Å². The fourth-order valence-electron chi connectivity index (χ4n) is 1.06. The average Bonchev–Trinajstić information content (AvgIpc) is 2.22. The van der Waals surface area contributed by atoms with Crippen LogP contribution < -0.4 is 5.32 Å². The van der Waals surface area contributed by atoms with Crippen LogP contribution in [-0.4, -0.2) is 35.9 Å². The van der Waals surface area contributed by atoms with E-state index in [1.807, 2.05) is 0 Å². The maximum atomic E-state index is 12.5. The van der Waals surface area contributed by atoms with Gasteiger partial charge < -0.3 is 10.4 Å². The van der Waals surface area contributed by atoms with Gasteiger partial charge in [-0.1, -0.05) is 13.3 Å². The Hall–Kier alpha value is -1.34. The van der Waals surface area contributed by atoms with E-state index in [0.29, 0.717) is 6.42 Å². The molecular formula is C9H13F4NO3. The molecule has 1 atom stereocenters. The molecule has 1 unspecified atom stereocenters. The molecule has 0 aliphatic carbocycles. The molecule has 0 saturated heterocycles. The number of carbonyl (C=O) groups excluding carboxylic acids is 1. The zero-order valence-electron chi connectivity index (χ0n) is 9.05. The van der Waals surface area contributed by atoms with Crippen LogP contribution in [0.15, 0.2) is 0 Å². The summed E-state index contributed by atoms with van der Waals surface area (Å²) < 4.78 is 48.5. The van der Waals surface area contributed by atoms with Crippen LogP contribution in [0.4, 0.5) is 17.6 Å². The number of hydrogen-bond donors (Lipinski definition) is 2. The molecule has 0 aromatic carbocycles. The van der Waals surface area contributed by atoms with E-state index in [0.717, 1.165) is 0 Å². The fraction of sp³-hybridized carbons (Fsp3) is 0.778. The van der Waals surface area contributed by atoms with E-state index in [2.05, 4.69) is 0 Å². The van der Waals surface area contributed by atoms with E-state index >= 15 is 0 Å². The van der Waals surface area contributed by atoms with Crippen molar-refractivity contribution in [3.8, 4) is 0 Å². The summed E-state index contributed by atoms with van der Waals surface area (Å²) in [7, 11) is 0. The molecule has 0 aromatic rings. The molecule has 0 aliphatic heterocycles. The maximum absolute atomic E-state index is 12.5. The highest BCUT2D eigenvalue weighted by Gasteiger charge is 2.48. The summed E-state index contributed by atoms with van der Waals surface area (Å²) in [5.41, 5.74) is 0. The Morgan fingerprint density at radius 2 is 1.88 bits per heavy atom. The first-order chi connectivity index (χ1) is 7.71. The van der Waals surface area contributed by atoms with Crippen LogP contribution in [-0.2, 0) is 9.59 Å². The Balaban J connectivity index is 4.27. The summed E-state index contributed by atoms with van der Waals surface area (Å²) in [5.74, 6) is -8.55. The first kappa shape index (κ1) is 15.7. The van der Waals surface area contributed by atoms with E-state index in [-0.39, 0.29) is 13.0 Å². The Morgan fingerprint density at radius 1 is 1.35 bits per heavy atom. The van der Waals surface area contributed by atoms with Gasteiger partial charge in [0.25, 0.3) is 5.91 Å². The molecule has 17 heavy (non-hydrogen) atoms. The summed E-state index contributed by atoms with van der Waals surface area (Å²) >= 11 is 0. The van der Waals surface area contributed by atoms with Gasteiger partial charge in [-0.15, -0.1) is 0 Å². The van der Waals surface area contributed by atoms with Crippen LogP contribution >= 0.6 is 0 Å². The Labute approximate surface area is 95.0 Å². The molecule has 0 rings (SSSR count). The summed E-state index contributed by atoms with van der Waals surface area (Å²) in [6, 6.07) is 0. The van der Waals surface area contributed by atoms with Gasteiger partial charge in [-0.25, -0.2) is 8.78 Å². The third kappa shape index (κ3) is 5.01. The molecule has 0 aliphatic rings. The number of carboxylic acid groups (broad SMARTS) is 1. The smallest absolute Gasteiger partial charge is 0.383 e. The van der Waals surface area contributed by atoms with Crippen molar-refractivity contribution >= 4 is 11.9 Å². The van der Waals surface area contributed by atoms with E-state index in [1.165, 1.54) is 0 Å². The molecule has 0 spiro atoms. The summed E-state index contributed by atoms with van der Waals surface area (Å²) in [6.07, 6.45) is -4.08. The van der Waals surface area contributed by atoms with Crippen molar-refractivity contribution in [2.75, 3.05) is 6.54 Å². The van der Waals surface area contributed by atoms with E-state index in [1.54, 1.807) is 12.2 Å². The van der Waals surface area contributed by atoms with Gasteiger partial charge in [0.15, 0.2) is 0 Å². The first-order valence-corrected chi connectivity index (χ1v) is 4.87.